The van der Waals surface area contributed by atoms with Crippen LogP contribution in [0.5, 0.6) is 0 Å². The van der Waals surface area contributed by atoms with Crippen LogP contribution in [0.15, 0.2) is 23.7 Å². The molecule has 5 nitrogen and oxygen atoms in total. The van der Waals surface area contributed by atoms with E-state index in [4.69, 9.17) is 0 Å². The van der Waals surface area contributed by atoms with Crippen LogP contribution in [0.1, 0.15) is 44.0 Å². The second-order valence-electron chi connectivity index (χ2n) is 5.13. The fourth-order valence-electron chi connectivity index (χ4n) is 2.61. The summed E-state index contributed by atoms with van der Waals surface area (Å²) in [6, 6.07) is 3.07. The number of carbonyl (C=O) groups excluding carboxylic acids is 2. The number of pyridine rings is 1. The maximum Gasteiger partial charge on any atom is 0.338 e. The number of fused-ring (bicyclic) bond motifs is 1. The van der Waals surface area contributed by atoms with E-state index >= 15 is 0 Å². The van der Waals surface area contributed by atoms with Crippen molar-refractivity contribution in [3.8, 4) is 0 Å². The minimum absolute atomic E-state index is 0.172. The number of amides is 1. The molecule has 0 bridgehead atoms. The normalized spacial score (nSPS) is 13.3. The van der Waals surface area contributed by atoms with Gasteiger partial charge in [-0.3, -0.25) is 4.79 Å². The molecule has 0 atom stereocenters. The lowest BCUT2D eigenvalue weighted by Crippen LogP contribution is -2.16. The predicted octanol–water partition coefficient (Wildman–Crippen LogP) is 3.06. The number of anilines is 1. The van der Waals surface area contributed by atoms with Gasteiger partial charge in [-0.1, -0.05) is 0 Å². The molecule has 1 aliphatic rings. The van der Waals surface area contributed by atoms with Crippen LogP contribution in [0.2, 0.25) is 0 Å². The molecule has 0 saturated carbocycles. The van der Waals surface area contributed by atoms with Crippen molar-refractivity contribution in [1.82, 2.24) is 4.98 Å². The first-order valence-corrected chi connectivity index (χ1v) is 8.02. The van der Waals surface area contributed by atoms with Crippen molar-refractivity contribution < 1.29 is 14.3 Å². The molecule has 0 unspecified atom stereocenters. The van der Waals surface area contributed by atoms with Gasteiger partial charge in [0.2, 0.25) is 0 Å². The molecule has 0 radical (unpaired) electrons. The number of carbonyl (C=O) groups is 2. The average Bonchev–Trinajstić information content (AvgIpc) is 2.98. The summed E-state index contributed by atoms with van der Waals surface area (Å²) in [6.45, 7) is 0. The predicted molar refractivity (Wildman–Crippen MR) is 84.5 cm³/mol. The van der Waals surface area contributed by atoms with Crippen molar-refractivity contribution >= 4 is 29.0 Å². The molecule has 1 amide bonds. The zero-order valence-electron chi connectivity index (χ0n) is 12.2. The molecular weight excluding hydrogens is 300 g/mol. The van der Waals surface area contributed by atoms with E-state index < -0.39 is 5.97 Å². The molecule has 1 aliphatic carbocycles. The van der Waals surface area contributed by atoms with Crippen LogP contribution in [0.3, 0.4) is 0 Å². The number of aryl methyl sites for hydroxylation is 1. The van der Waals surface area contributed by atoms with Gasteiger partial charge < -0.3 is 10.1 Å². The molecular formula is C16H16N2O3S. The average molecular weight is 316 g/mol. The van der Waals surface area contributed by atoms with Crippen molar-refractivity contribution in [3.63, 3.8) is 0 Å². The van der Waals surface area contributed by atoms with E-state index in [-0.39, 0.29) is 5.91 Å². The highest BCUT2D eigenvalue weighted by Gasteiger charge is 2.20. The van der Waals surface area contributed by atoms with Gasteiger partial charge in [-0.15, -0.1) is 11.3 Å². The summed E-state index contributed by atoms with van der Waals surface area (Å²) < 4.78 is 4.67. The number of methoxy groups -OCH3 is 1. The van der Waals surface area contributed by atoms with Crippen molar-refractivity contribution in [2.24, 2.45) is 0 Å². The first-order valence-electron chi connectivity index (χ1n) is 7.14. The Morgan fingerprint density at radius 2 is 2.14 bits per heavy atom. The lowest BCUT2D eigenvalue weighted by molar-refractivity contribution is 0.0600. The number of nitrogens with one attached hydrogen (secondary N) is 1. The van der Waals surface area contributed by atoms with E-state index in [1.165, 1.54) is 30.7 Å². The van der Waals surface area contributed by atoms with E-state index in [0.29, 0.717) is 11.4 Å². The monoisotopic (exact) mass is 316 g/mol. The van der Waals surface area contributed by atoms with Gasteiger partial charge in [0.05, 0.1) is 18.2 Å². The Hall–Kier alpha value is -2.21. The van der Waals surface area contributed by atoms with Gasteiger partial charge in [0.1, 0.15) is 5.82 Å². The number of ether oxygens (including phenoxy) is 1. The molecule has 2 heterocycles. The van der Waals surface area contributed by atoms with E-state index in [2.05, 4.69) is 15.0 Å². The topological polar surface area (TPSA) is 68.3 Å². The zero-order valence-corrected chi connectivity index (χ0v) is 13.0. The second kappa shape index (κ2) is 6.27. The maximum absolute atomic E-state index is 12.4. The summed E-state index contributed by atoms with van der Waals surface area (Å²) in [4.78, 5) is 29.3. The van der Waals surface area contributed by atoms with Gasteiger partial charge in [0.15, 0.2) is 0 Å². The van der Waals surface area contributed by atoms with Gasteiger partial charge >= 0.3 is 5.97 Å². The molecule has 0 fully saturated rings. The molecule has 2 aromatic heterocycles. The summed E-state index contributed by atoms with van der Waals surface area (Å²) in [5.41, 5.74) is 2.25. The highest BCUT2D eigenvalue weighted by atomic mass is 32.1. The first kappa shape index (κ1) is 14.7. The van der Waals surface area contributed by atoms with Gasteiger partial charge in [0.25, 0.3) is 5.91 Å². The number of hydrogen-bond acceptors (Lipinski definition) is 5. The number of nitrogens with zero attached hydrogens (tertiary/aromatic N) is 1. The maximum atomic E-state index is 12.4. The number of thiophene rings is 1. The smallest absolute Gasteiger partial charge is 0.338 e. The van der Waals surface area contributed by atoms with E-state index in [1.807, 2.05) is 5.38 Å². The van der Waals surface area contributed by atoms with Crippen LogP contribution >= 0.6 is 11.3 Å². The Morgan fingerprint density at radius 1 is 1.32 bits per heavy atom. The number of rotatable bonds is 3. The van der Waals surface area contributed by atoms with Gasteiger partial charge in [0, 0.05) is 16.5 Å². The molecule has 2 aromatic rings. The molecule has 0 spiro atoms. The third-order valence-corrected chi connectivity index (χ3v) is 4.82. The minimum Gasteiger partial charge on any atom is -0.465 e. The summed E-state index contributed by atoms with van der Waals surface area (Å²) in [6.07, 6.45) is 5.81. The van der Waals surface area contributed by atoms with Crippen LogP contribution in [-0.4, -0.2) is 24.0 Å². The largest absolute Gasteiger partial charge is 0.465 e. The standard InChI is InChI=1S/C16H16N2O3S/c1-21-16(20)10-6-7-17-14(8-10)18-15(19)12-9-22-13-5-3-2-4-11(12)13/h6-9H,2-5H2,1H3,(H,17,18,19). The fourth-order valence-corrected chi connectivity index (χ4v) is 3.74. The van der Waals surface area contributed by atoms with Gasteiger partial charge in [-0.05, 0) is 43.4 Å². The second-order valence-corrected chi connectivity index (χ2v) is 6.10. The minimum atomic E-state index is -0.453. The number of hydrogen-bond donors (Lipinski definition) is 1. The SMILES string of the molecule is COC(=O)c1ccnc(NC(=O)c2csc3c2CCCC3)c1. The van der Waals surface area contributed by atoms with Crippen LogP contribution in [0.25, 0.3) is 0 Å². The van der Waals surface area contributed by atoms with Crippen LogP contribution < -0.4 is 5.32 Å². The van der Waals surface area contributed by atoms with E-state index in [1.54, 1.807) is 17.4 Å². The lowest BCUT2D eigenvalue weighted by Gasteiger charge is -2.12. The summed E-state index contributed by atoms with van der Waals surface area (Å²) in [5, 5.41) is 4.67. The Bertz CT molecular complexity index is 724. The fraction of sp³-hybridized carbons (Fsp3) is 0.312. The number of esters is 1. The molecule has 0 aromatic carbocycles. The molecule has 6 heteroatoms. The summed E-state index contributed by atoms with van der Waals surface area (Å²) >= 11 is 1.65. The summed E-state index contributed by atoms with van der Waals surface area (Å²) in [7, 11) is 1.32. The Morgan fingerprint density at radius 3 is 2.95 bits per heavy atom. The lowest BCUT2D eigenvalue weighted by atomic mass is 9.96. The van der Waals surface area contributed by atoms with Gasteiger partial charge in [-0.2, -0.15) is 0 Å². The molecule has 3 rings (SSSR count). The van der Waals surface area contributed by atoms with E-state index in [9.17, 15) is 9.59 Å². The molecule has 0 saturated heterocycles. The Labute approximate surface area is 132 Å². The zero-order chi connectivity index (χ0) is 15.5. The molecule has 0 aliphatic heterocycles. The van der Waals surface area contributed by atoms with Crippen LogP contribution in [0.4, 0.5) is 5.82 Å². The first-order chi connectivity index (χ1) is 10.7. The molecule has 22 heavy (non-hydrogen) atoms. The van der Waals surface area contributed by atoms with E-state index in [0.717, 1.165) is 30.4 Å². The molecule has 114 valence electrons. The highest BCUT2D eigenvalue weighted by molar-refractivity contribution is 7.10. The summed E-state index contributed by atoms with van der Waals surface area (Å²) in [5.74, 6) is -0.275. The Kier molecular flexibility index (Phi) is 4.20. The third kappa shape index (κ3) is 2.87. The van der Waals surface area contributed by atoms with Crippen molar-refractivity contribution in [2.75, 3.05) is 12.4 Å². The van der Waals surface area contributed by atoms with Crippen LogP contribution in [-0.2, 0) is 17.6 Å². The van der Waals surface area contributed by atoms with Crippen molar-refractivity contribution in [3.05, 3.63) is 45.3 Å². The van der Waals surface area contributed by atoms with Crippen molar-refractivity contribution in [2.45, 2.75) is 25.7 Å². The molecule has 1 N–H and O–H groups in total. The van der Waals surface area contributed by atoms with Crippen LogP contribution in [0, 0.1) is 0 Å². The highest BCUT2D eigenvalue weighted by Crippen LogP contribution is 2.30. The Balaban J connectivity index is 1.80. The van der Waals surface area contributed by atoms with Gasteiger partial charge in [-0.25, -0.2) is 9.78 Å². The quantitative estimate of drug-likeness (QED) is 0.884. The third-order valence-electron chi connectivity index (χ3n) is 3.73. The number of aromatic nitrogens is 1. The van der Waals surface area contributed by atoms with Crippen molar-refractivity contribution in [1.29, 1.82) is 0 Å².